The number of benzene rings is 1. The number of ether oxygens (including phenoxy) is 1. The largest absolute Gasteiger partial charge is 0.491 e. The first-order valence-electron chi connectivity index (χ1n) is 9.15. The van der Waals surface area contributed by atoms with Crippen LogP contribution in [0.15, 0.2) is 24.3 Å². The molecule has 0 amide bonds. The van der Waals surface area contributed by atoms with Crippen LogP contribution >= 0.6 is 0 Å². The SMILES string of the molecule is CC(=O)CCc1ccc(OC[C@@H](O)CNC2CCC(C)CC2)cc1. The van der Waals surface area contributed by atoms with Crippen LogP contribution in [0.1, 0.15) is 51.5 Å². The van der Waals surface area contributed by atoms with Gasteiger partial charge in [-0.3, -0.25) is 0 Å². The molecule has 1 fully saturated rings. The standard InChI is InChI=1S/C20H31NO3/c1-15-3-9-18(10-4-15)21-13-19(23)14-24-20-11-7-17(8-12-20)6-5-16(2)22/h7-8,11-12,15,18-19,21,23H,3-6,9-10,13-14H2,1-2H3/t15?,18?,19-/m0/s1. The van der Waals surface area contributed by atoms with E-state index >= 15 is 0 Å². The maximum atomic E-state index is 11.0. The molecule has 0 heterocycles. The van der Waals surface area contributed by atoms with Crippen LogP contribution in [0.5, 0.6) is 5.75 Å². The Morgan fingerprint density at radius 1 is 1.25 bits per heavy atom. The van der Waals surface area contributed by atoms with Crippen LogP contribution in [0, 0.1) is 5.92 Å². The van der Waals surface area contributed by atoms with Gasteiger partial charge in [0.05, 0.1) is 0 Å². The molecule has 0 spiro atoms. The highest BCUT2D eigenvalue weighted by Crippen LogP contribution is 2.23. The number of hydrogen-bond donors (Lipinski definition) is 2. The molecule has 0 radical (unpaired) electrons. The van der Waals surface area contributed by atoms with Crippen LogP contribution in [0.25, 0.3) is 0 Å². The minimum absolute atomic E-state index is 0.207. The second kappa shape index (κ2) is 9.80. The number of rotatable bonds is 9. The summed E-state index contributed by atoms with van der Waals surface area (Å²) in [5.74, 6) is 1.81. The van der Waals surface area contributed by atoms with Crippen molar-refractivity contribution in [3.05, 3.63) is 29.8 Å². The van der Waals surface area contributed by atoms with Crippen LogP contribution in [0.4, 0.5) is 0 Å². The molecule has 1 aliphatic carbocycles. The number of aliphatic hydroxyl groups excluding tert-OH is 1. The normalized spacial score (nSPS) is 22.1. The summed E-state index contributed by atoms with van der Waals surface area (Å²) in [7, 11) is 0. The smallest absolute Gasteiger partial charge is 0.130 e. The number of carbonyl (C=O) groups is 1. The molecule has 0 aliphatic heterocycles. The van der Waals surface area contributed by atoms with Crippen molar-refractivity contribution in [3.8, 4) is 5.75 Å². The summed E-state index contributed by atoms with van der Waals surface area (Å²) in [6, 6.07) is 8.30. The van der Waals surface area contributed by atoms with Crippen LogP contribution in [-0.4, -0.2) is 36.2 Å². The van der Waals surface area contributed by atoms with E-state index in [1.54, 1.807) is 6.92 Å². The van der Waals surface area contributed by atoms with E-state index < -0.39 is 6.10 Å². The van der Waals surface area contributed by atoms with Crippen molar-refractivity contribution in [1.82, 2.24) is 5.32 Å². The van der Waals surface area contributed by atoms with Crippen molar-refractivity contribution < 1.29 is 14.6 Å². The van der Waals surface area contributed by atoms with Crippen molar-refractivity contribution in [2.24, 2.45) is 5.92 Å². The topological polar surface area (TPSA) is 58.6 Å². The van der Waals surface area contributed by atoms with E-state index in [0.29, 0.717) is 25.6 Å². The quantitative estimate of drug-likeness (QED) is 0.729. The van der Waals surface area contributed by atoms with Gasteiger partial charge in [-0.1, -0.05) is 19.1 Å². The fourth-order valence-corrected chi connectivity index (χ4v) is 3.09. The van der Waals surface area contributed by atoms with Crippen molar-refractivity contribution in [3.63, 3.8) is 0 Å². The number of aryl methyl sites for hydroxylation is 1. The zero-order valence-electron chi connectivity index (χ0n) is 15.0. The molecule has 1 aromatic carbocycles. The number of ketones is 1. The zero-order valence-corrected chi connectivity index (χ0v) is 15.0. The Balaban J connectivity index is 1.64. The van der Waals surface area contributed by atoms with Crippen molar-refractivity contribution >= 4 is 5.78 Å². The number of carbonyl (C=O) groups excluding carboxylic acids is 1. The molecule has 134 valence electrons. The molecule has 1 saturated carbocycles. The summed E-state index contributed by atoms with van der Waals surface area (Å²) in [6.07, 6.45) is 5.81. The Hall–Kier alpha value is -1.39. The molecule has 0 saturated heterocycles. The predicted molar refractivity (Wildman–Crippen MR) is 96.4 cm³/mol. The highest BCUT2D eigenvalue weighted by Gasteiger charge is 2.18. The van der Waals surface area contributed by atoms with Crippen LogP contribution in [-0.2, 0) is 11.2 Å². The molecule has 0 unspecified atom stereocenters. The highest BCUT2D eigenvalue weighted by molar-refractivity contribution is 5.75. The Kier molecular flexibility index (Phi) is 7.73. The van der Waals surface area contributed by atoms with Gasteiger partial charge in [0.1, 0.15) is 24.2 Å². The van der Waals surface area contributed by atoms with Crippen molar-refractivity contribution in [1.29, 1.82) is 0 Å². The van der Waals surface area contributed by atoms with E-state index in [4.69, 9.17) is 4.74 Å². The number of aliphatic hydroxyl groups is 1. The summed E-state index contributed by atoms with van der Waals surface area (Å²) in [5, 5.41) is 13.5. The molecule has 1 aromatic rings. The lowest BCUT2D eigenvalue weighted by molar-refractivity contribution is -0.116. The fraction of sp³-hybridized carbons (Fsp3) is 0.650. The number of nitrogens with one attached hydrogen (secondary N) is 1. The average molecular weight is 333 g/mol. The summed E-state index contributed by atoms with van der Waals surface area (Å²) < 4.78 is 5.65. The molecular weight excluding hydrogens is 302 g/mol. The first-order valence-corrected chi connectivity index (χ1v) is 9.15. The van der Waals surface area contributed by atoms with Gasteiger partial charge < -0.3 is 20.0 Å². The summed E-state index contributed by atoms with van der Waals surface area (Å²) in [4.78, 5) is 11.0. The molecular formula is C20H31NO3. The lowest BCUT2D eigenvalue weighted by Gasteiger charge is -2.27. The van der Waals surface area contributed by atoms with Crippen LogP contribution in [0.3, 0.4) is 0 Å². The molecule has 24 heavy (non-hydrogen) atoms. The Morgan fingerprint density at radius 2 is 1.92 bits per heavy atom. The molecule has 2 rings (SSSR count). The number of Topliss-reactive ketones (excluding diaryl/α,β-unsaturated/α-hetero) is 1. The van der Waals surface area contributed by atoms with Crippen molar-refractivity contribution in [2.45, 2.75) is 64.5 Å². The van der Waals surface area contributed by atoms with Gasteiger partial charge in [-0.25, -0.2) is 0 Å². The average Bonchev–Trinajstić information content (AvgIpc) is 2.58. The van der Waals surface area contributed by atoms with Gasteiger partial charge in [0.25, 0.3) is 0 Å². The molecule has 0 aromatic heterocycles. The Bertz CT molecular complexity index is 492. The molecule has 0 bridgehead atoms. The summed E-state index contributed by atoms with van der Waals surface area (Å²) in [6.45, 7) is 4.80. The monoisotopic (exact) mass is 333 g/mol. The maximum absolute atomic E-state index is 11.0. The molecule has 4 nitrogen and oxygen atoms in total. The van der Waals surface area contributed by atoms with Gasteiger partial charge >= 0.3 is 0 Å². The van der Waals surface area contributed by atoms with Crippen molar-refractivity contribution in [2.75, 3.05) is 13.2 Å². The third-order valence-corrected chi connectivity index (χ3v) is 4.79. The Labute approximate surface area is 145 Å². The minimum Gasteiger partial charge on any atom is -0.491 e. The Morgan fingerprint density at radius 3 is 2.54 bits per heavy atom. The van der Waals surface area contributed by atoms with E-state index in [-0.39, 0.29) is 5.78 Å². The second-order valence-electron chi connectivity index (χ2n) is 7.18. The van der Waals surface area contributed by atoms with E-state index in [2.05, 4.69) is 12.2 Å². The lowest BCUT2D eigenvalue weighted by Crippen LogP contribution is -2.39. The lowest BCUT2D eigenvalue weighted by atomic mass is 9.87. The van der Waals surface area contributed by atoms with Gasteiger partial charge in [0.2, 0.25) is 0 Å². The first-order chi connectivity index (χ1) is 11.5. The predicted octanol–water partition coefficient (Wildman–Crippen LogP) is 3.12. The van der Waals surface area contributed by atoms with E-state index in [0.717, 1.165) is 23.7 Å². The van der Waals surface area contributed by atoms with Gasteiger partial charge in [0, 0.05) is 19.0 Å². The summed E-state index contributed by atoms with van der Waals surface area (Å²) >= 11 is 0. The molecule has 1 atom stereocenters. The third kappa shape index (κ3) is 7.02. The molecule has 1 aliphatic rings. The maximum Gasteiger partial charge on any atom is 0.130 e. The van der Waals surface area contributed by atoms with Gasteiger partial charge in [0.15, 0.2) is 0 Å². The first kappa shape index (κ1) is 18.9. The van der Waals surface area contributed by atoms with Gasteiger partial charge in [-0.05, 0) is 62.6 Å². The molecule has 4 heteroatoms. The number of hydrogen-bond acceptors (Lipinski definition) is 4. The van der Waals surface area contributed by atoms with Gasteiger partial charge in [-0.15, -0.1) is 0 Å². The second-order valence-corrected chi connectivity index (χ2v) is 7.18. The van der Waals surface area contributed by atoms with E-state index in [1.165, 1.54) is 25.7 Å². The van der Waals surface area contributed by atoms with Gasteiger partial charge in [-0.2, -0.15) is 0 Å². The molecule has 2 N–H and O–H groups in total. The highest BCUT2D eigenvalue weighted by atomic mass is 16.5. The van der Waals surface area contributed by atoms with Crippen LogP contribution < -0.4 is 10.1 Å². The third-order valence-electron chi connectivity index (χ3n) is 4.79. The summed E-state index contributed by atoms with van der Waals surface area (Å²) in [5.41, 5.74) is 1.13. The van der Waals surface area contributed by atoms with E-state index in [9.17, 15) is 9.90 Å². The van der Waals surface area contributed by atoms with E-state index in [1.807, 2.05) is 24.3 Å². The fourth-order valence-electron chi connectivity index (χ4n) is 3.09. The zero-order chi connectivity index (χ0) is 17.4. The minimum atomic E-state index is -0.498. The van der Waals surface area contributed by atoms with Crippen LogP contribution in [0.2, 0.25) is 0 Å².